The molecule has 0 aromatic rings. The molecule has 0 unspecified atom stereocenters. The number of nitrogens with zero attached hydrogens (tertiary/aromatic N) is 2. The Labute approximate surface area is 71.4 Å². The van der Waals surface area contributed by atoms with Crippen LogP contribution in [0.4, 0.5) is 0 Å². The highest BCUT2D eigenvalue weighted by molar-refractivity contribution is 5.78. The molecule has 1 atom stereocenters. The summed E-state index contributed by atoms with van der Waals surface area (Å²) in [6, 6.07) is 1.81. The normalized spacial score (nSPS) is 23.3. The molecular weight excluding hydrogens is 156 g/mol. The van der Waals surface area contributed by atoms with E-state index >= 15 is 0 Å². The summed E-state index contributed by atoms with van der Waals surface area (Å²) in [5.41, 5.74) is 0. The van der Waals surface area contributed by atoms with Crippen LogP contribution >= 0.6 is 0 Å². The summed E-state index contributed by atoms with van der Waals surface area (Å²) < 4.78 is 0. The monoisotopic (exact) mass is 168 g/mol. The first-order chi connectivity index (χ1) is 5.74. The summed E-state index contributed by atoms with van der Waals surface area (Å²) in [7, 11) is 0. The summed E-state index contributed by atoms with van der Waals surface area (Å²) in [5.74, 6) is -0.170. The molecule has 1 heterocycles. The van der Waals surface area contributed by atoms with Crippen molar-refractivity contribution in [3.05, 3.63) is 0 Å². The second-order valence-corrected chi connectivity index (χ2v) is 2.97. The van der Waals surface area contributed by atoms with E-state index in [0.29, 0.717) is 13.1 Å². The number of carbonyl (C=O) groups is 1. The molecule has 1 N–H and O–H groups in total. The quantitative estimate of drug-likeness (QED) is 0.593. The lowest BCUT2D eigenvalue weighted by Gasteiger charge is -2.29. The Bertz CT molecular complexity index is 210. The van der Waals surface area contributed by atoms with E-state index in [1.54, 1.807) is 11.0 Å². The Morgan fingerprint density at radius 1 is 1.75 bits per heavy atom. The molecular formula is C8H12N2O2. The molecule has 4 heteroatoms. The van der Waals surface area contributed by atoms with E-state index in [0.717, 1.165) is 12.8 Å². The zero-order valence-corrected chi connectivity index (χ0v) is 6.86. The third-order valence-corrected chi connectivity index (χ3v) is 1.98. The number of β-amino-alcohol motifs (C(OH)–C–C–N with tert-alkyl or cyclic N) is 1. The second-order valence-electron chi connectivity index (χ2n) is 2.97. The Hall–Kier alpha value is -1.08. The van der Waals surface area contributed by atoms with Crippen molar-refractivity contribution in [1.29, 1.82) is 5.26 Å². The van der Waals surface area contributed by atoms with E-state index in [2.05, 4.69) is 0 Å². The predicted molar refractivity (Wildman–Crippen MR) is 42.1 cm³/mol. The number of likely N-dealkylation sites (tertiary alicyclic amines) is 1. The standard InChI is InChI=1S/C8H12N2O2/c9-4-3-8(12)10-5-1-2-7(11)6-10/h7,11H,1-3,5-6H2/t7-/m0/s1. The zero-order chi connectivity index (χ0) is 8.97. The molecule has 0 saturated carbocycles. The smallest absolute Gasteiger partial charge is 0.236 e. The van der Waals surface area contributed by atoms with Crippen molar-refractivity contribution in [2.24, 2.45) is 0 Å². The van der Waals surface area contributed by atoms with E-state index in [-0.39, 0.29) is 12.3 Å². The SMILES string of the molecule is N#CCC(=O)N1CCC[C@H](O)C1. The van der Waals surface area contributed by atoms with Crippen molar-refractivity contribution in [2.75, 3.05) is 13.1 Å². The molecule has 1 aliphatic rings. The highest BCUT2D eigenvalue weighted by atomic mass is 16.3. The van der Waals surface area contributed by atoms with Crippen LogP contribution < -0.4 is 0 Å². The van der Waals surface area contributed by atoms with Crippen LogP contribution in [-0.2, 0) is 4.79 Å². The van der Waals surface area contributed by atoms with Crippen LogP contribution in [-0.4, -0.2) is 35.1 Å². The second kappa shape index (κ2) is 4.07. The van der Waals surface area contributed by atoms with Crippen LogP contribution in [0.1, 0.15) is 19.3 Å². The lowest BCUT2D eigenvalue weighted by Crippen LogP contribution is -2.41. The van der Waals surface area contributed by atoms with E-state index in [1.165, 1.54) is 0 Å². The lowest BCUT2D eigenvalue weighted by molar-refractivity contribution is -0.133. The van der Waals surface area contributed by atoms with Crippen molar-refractivity contribution in [3.8, 4) is 6.07 Å². The number of hydrogen-bond acceptors (Lipinski definition) is 3. The molecule has 0 aromatic heterocycles. The van der Waals surface area contributed by atoms with E-state index in [9.17, 15) is 9.90 Å². The van der Waals surface area contributed by atoms with Crippen LogP contribution in [0.3, 0.4) is 0 Å². The number of nitriles is 1. The van der Waals surface area contributed by atoms with Crippen LogP contribution in [0.15, 0.2) is 0 Å². The highest BCUT2D eigenvalue weighted by Gasteiger charge is 2.21. The maximum atomic E-state index is 11.1. The molecule has 1 aliphatic heterocycles. The molecule has 0 aromatic carbocycles. The van der Waals surface area contributed by atoms with Gasteiger partial charge in [0.1, 0.15) is 6.42 Å². The van der Waals surface area contributed by atoms with Gasteiger partial charge in [-0.25, -0.2) is 0 Å². The van der Waals surface area contributed by atoms with E-state index in [1.807, 2.05) is 0 Å². The molecule has 4 nitrogen and oxygen atoms in total. The van der Waals surface area contributed by atoms with Crippen LogP contribution in [0.5, 0.6) is 0 Å². The first kappa shape index (κ1) is 9.01. The number of hydrogen-bond donors (Lipinski definition) is 1. The van der Waals surface area contributed by atoms with Crippen LogP contribution in [0, 0.1) is 11.3 Å². The number of piperidine rings is 1. The number of amides is 1. The largest absolute Gasteiger partial charge is 0.391 e. The molecule has 0 spiro atoms. The van der Waals surface area contributed by atoms with Gasteiger partial charge in [-0.2, -0.15) is 5.26 Å². The predicted octanol–water partition coefficient (Wildman–Crippen LogP) is -0.117. The van der Waals surface area contributed by atoms with Crippen LogP contribution in [0.25, 0.3) is 0 Å². The summed E-state index contributed by atoms with van der Waals surface area (Å²) in [6.07, 6.45) is 1.11. The van der Waals surface area contributed by atoms with Gasteiger partial charge in [0.2, 0.25) is 5.91 Å². The number of aliphatic hydroxyl groups excluding tert-OH is 1. The minimum Gasteiger partial charge on any atom is -0.391 e. The maximum absolute atomic E-state index is 11.1. The Balaban J connectivity index is 2.41. The Kier molecular flexibility index (Phi) is 3.06. The summed E-state index contributed by atoms with van der Waals surface area (Å²) in [5, 5.41) is 17.5. The zero-order valence-electron chi connectivity index (χ0n) is 6.86. The van der Waals surface area contributed by atoms with Gasteiger partial charge >= 0.3 is 0 Å². The average Bonchev–Trinajstić information content (AvgIpc) is 2.05. The third kappa shape index (κ3) is 2.21. The maximum Gasteiger partial charge on any atom is 0.236 e. The highest BCUT2D eigenvalue weighted by Crippen LogP contribution is 2.10. The fraction of sp³-hybridized carbons (Fsp3) is 0.750. The first-order valence-corrected chi connectivity index (χ1v) is 4.07. The molecule has 12 heavy (non-hydrogen) atoms. The summed E-state index contributed by atoms with van der Waals surface area (Å²) in [4.78, 5) is 12.7. The molecule has 1 rings (SSSR count). The molecule has 1 amide bonds. The topological polar surface area (TPSA) is 64.3 Å². The molecule has 0 aliphatic carbocycles. The molecule has 1 saturated heterocycles. The van der Waals surface area contributed by atoms with Crippen LogP contribution in [0.2, 0.25) is 0 Å². The average molecular weight is 168 g/mol. The summed E-state index contributed by atoms with van der Waals surface area (Å²) >= 11 is 0. The van der Waals surface area contributed by atoms with Crippen molar-refractivity contribution < 1.29 is 9.90 Å². The first-order valence-electron chi connectivity index (χ1n) is 4.07. The minimum atomic E-state index is -0.401. The van der Waals surface area contributed by atoms with Gasteiger partial charge in [0, 0.05) is 13.1 Å². The lowest BCUT2D eigenvalue weighted by atomic mass is 10.1. The van der Waals surface area contributed by atoms with Crippen molar-refractivity contribution in [1.82, 2.24) is 4.90 Å². The Morgan fingerprint density at radius 2 is 2.50 bits per heavy atom. The Morgan fingerprint density at radius 3 is 3.08 bits per heavy atom. The molecule has 1 fully saturated rings. The van der Waals surface area contributed by atoms with Crippen molar-refractivity contribution in [3.63, 3.8) is 0 Å². The van der Waals surface area contributed by atoms with Gasteiger partial charge < -0.3 is 10.0 Å². The minimum absolute atomic E-state index is 0.0767. The van der Waals surface area contributed by atoms with E-state index in [4.69, 9.17) is 5.26 Å². The van der Waals surface area contributed by atoms with Gasteiger partial charge in [-0.3, -0.25) is 4.79 Å². The van der Waals surface area contributed by atoms with Gasteiger partial charge in [-0.1, -0.05) is 0 Å². The van der Waals surface area contributed by atoms with Gasteiger partial charge in [-0.15, -0.1) is 0 Å². The van der Waals surface area contributed by atoms with Crippen molar-refractivity contribution >= 4 is 5.91 Å². The van der Waals surface area contributed by atoms with Crippen molar-refractivity contribution in [2.45, 2.75) is 25.4 Å². The third-order valence-electron chi connectivity index (χ3n) is 1.98. The summed E-state index contributed by atoms with van der Waals surface area (Å²) in [6.45, 7) is 1.07. The van der Waals surface area contributed by atoms with E-state index < -0.39 is 6.10 Å². The molecule has 0 bridgehead atoms. The fourth-order valence-electron chi connectivity index (χ4n) is 1.36. The number of aliphatic hydroxyl groups is 1. The number of rotatable bonds is 1. The van der Waals surface area contributed by atoms with Gasteiger partial charge in [0.15, 0.2) is 0 Å². The van der Waals surface area contributed by atoms with Gasteiger partial charge in [-0.05, 0) is 12.8 Å². The fourth-order valence-corrected chi connectivity index (χ4v) is 1.36. The van der Waals surface area contributed by atoms with Gasteiger partial charge in [0.05, 0.1) is 12.2 Å². The molecule has 66 valence electrons. The molecule has 0 radical (unpaired) electrons. The van der Waals surface area contributed by atoms with Gasteiger partial charge in [0.25, 0.3) is 0 Å². The number of carbonyl (C=O) groups excluding carboxylic acids is 1.